The van der Waals surface area contributed by atoms with Gasteiger partial charge in [-0.15, -0.1) is 0 Å². The monoisotopic (exact) mass is 285 g/mol. The van der Waals surface area contributed by atoms with Crippen molar-refractivity contribution in [1.29, 1.82) is 0 Å². The van der Waals surface area contributed by atoms with Crippen molar-refractivity contribution >= 4 is 23.1 Å². The molecule has 20 heavy (non-hydrogen) atoms. The highest BCUT2D eigenvalue weighted by Gasteiger charge is 2.08. The topological polar surface area (TPSA) is 29.1 Å². The zero-order valence-corrected chi connectivity index (χ0v) is 12.1. The first-order valence-electron chi connectivity index (χ1n) is 6.35. The number of Topliss-reactive ketones (excluding diaryl/α,β-unsaturated/α-hetero) is 1. The van der Waals surface area contributed by atoms with E-state index in [1.807, 2.05) is 31.2 Å². The van der Waals surface area contributed by atoms with Crippen molar-refractivity contribution in [3.8, 4) is 0 Å². The van der Waals surface area contributed by atoms with Crippen LogP contribution >= 0.6 is 11.6 Å². The van der Waals surface area contributed by atoms with Gasteiger partial charge >= 0.3 is 0 Å². The lowest BCUT2D eigenvalue weighted by molar-refractivity contribution is 0.0993. The molecule has 2 aromatic rings. The lowest BCUT2D eigenvalue weighted by Crippen LogP contribution is -2.07. The maximum atomic E-state index is 12.1. The number of hydrogen-bond donors (Lipinski definition) is 1. The number of para-hydroxylation sites is 1. The molecule has 0 saturated heterocycles. The highest BCUT2D eigenvalue weighted by Crippen LogP contribution is 2.18. The van der Waals surface area contributed by atoms with Gasteiger partial charge in [0.2, 0.25) is 0 Å². The molecule has 0 fully saturated rings. The number of benzene rings is 2. The minimum absolute atomic E-state index is 0.0211. The van der Waals surface area contributed by atoms with E-state index in [2.05, 4.69) is 11.9 Å². The molecule has 1 N–H and O–H groups in total. The van der Waals surface area contributed by atoms with Crippen molar-refractivity contribution in [3.05, 3.63) is 77.0 Å². The second kappa shape index (κ2) is 6.40. The second-order valence-corrected chi connectivity index (χ2v) is 5.09. The standard InChI is InChI=1S/C17H16ClNO/c1-12-5-3-4-6-16(12)19-13(2)11-17(20)14-7-9-15(18)10-8-14/h3-10,19H,2,11H2,1H3. The number of carbonyl (C=O) groups excluding carboxylic acids is 1. The molecule has 2 rings (SSSR count). The Morgan fingerprint density at radius 2 is 1.80 bits per heavy atom. The zero-order valence-electron chi connectivity index (χ0n) is 11.3. The normalized spacial score (nSPS) is 10.1. The maximum Gasteiger partial charge on any atom is 0.168 e. The van der Waals surface area contributed by atoms with E-state index >= 15 is 0 Å². The number of rotatable bonds is 5. The molecule has 0 amide bonds. The fraction of sp³-hybridized carbons (Fsp3) is 0.118. The Balaban J connectivity index is 2.00. The number of halogens is 1. The zero-order chi connectivity index (χ0) is 14.5. The Morgan fingerprint density at radius 1 is 1.15 bits per heavy atom. The van der Waals surface area contributed by atoms with Crippen LogP contribution in [0.5, 0.6) is 0 Å². The fourth-order valence-corrected chi connectivity index (χ4v) is 2.01. The second-order valence-electron chi connectivity index (χ2n) is 4.65. The SMILES string of the molecule is C=C(CC(=O)c1ccc(Cl)cc1)Nc1ccccc1C. The Labute approximate surface area is 124 Å². The van der Waals surface area contributed by atoms with Crippen LogP contribution in [0.1, 0.15) is 22.3 Å². The summed E-state index contributed by atoms with van der Waals surface area (Å²) in [7, 11) is 0. The smallest absolute Gasteiger partial charge is 0.168 e. The highest BCUT2D eigenvalue weighted by atomic mass is 35.5. The average molecular weight is 286 g/mol. The predicted molar refractivity (Wildman–Crippen MR) is 84.3 cm³/mol. The number of ketones is 1. The molecule has 102 valence electrons. The van der Waals surface area contributed by atoms with Gasteiger partial charge in [-0.3, -0.25) is 4.79 Å². The number of hydrogen-bond acceptors (Lipinski definition) is 2. The van der Waals surface area contributed by atoms with Gasteiger partial charge in [-0.05, 0) is 42.8 Å². The molecule has 0 heterocycles. The van der Waals surface area contributed by atoms with Gasteiger partial charge in [0.1, 0.15) is 0 Å². The lowest BCUT2D eigenvalue weighted by atomic mass is 10.1. The summed E-state index contributed by atoms with van der Waals surface area (Å²) in [5.41, 5.74) is 3.41. The van der Waals surface area contributed by atoms with Gasteiger partial charge in [0.25, 0.3) is 0 Å². The lowest BCUT2D eigenvalue weighted by Gasteiger charge is -2.11. The van der Waals surface area contributed by atoms with E-state index in [9.17, 15) is 4.79 Å². The molecule has 0 unspecified atom stereocenters. The first kappa shape index (κ1) is 14.4. The summed E-state index contributed by atoms with van der Waals surface area (Å²) in [6.07, 6.45) is 0.260. The van der Waals surface area contributed by atoms with Crippen LogP contribution in [0.3, 0.4) is 0 Å². The van der Waals surface area contributed by atoms with E-state index in [4.69, 9.17) is 11.6 Å². The van der Waals surface area contributed by atoms with Crippen molar-refractivity contribution in [2.45, 2.75) is 13.3 Å². The number of anilines is 1. The summed E-state index contributed by atoms with van der Waals surface area (Å²) in [6.45, 7) is 5.93. The Kier molecular flexibility index (Phi) is 4.59. The van der Waals surface area contributed by atoms with Gasteiger partial charge in [0.05, 0.1) is 6.42 Å². The number of nitrogens with one attached hydrogen (secondary N) is 1. The molecule has 2 aromatic carbocycles. The molecular weight excluding hydrogens is 270 g/mol. The molecule has 0 radical (unpaired) electrons. The third-order valence-corrected chi connectivity index (χ3v) is 3.25. The molecule has 0 aromatic heterocycles. The minimum atomic E-state index is 0.0211. The molecule has 0 aliphatic rings. The molecular formula is C17H16ClNO. The Bertz CT molecular complexity index is 632. The summed E-state index contributed by atoms with van der Waals surface area (Å²) in [5, 5.41) is 3.80. The maximum absolute atomic E-state index is 12.1. The van der Waals surface area contributed by atoms with Gasteiger partial charge < -0.3 is 5.32 Å². The Morgan fingerprint density at radius 3 is 2.45 bits per heavy atom. The largest absolute Gasteiger partial charge is 0.359 e. The van der Waals surface area contributed by atoms with Gasteiger partial charge in [0, 0.05) is 22.0 Å². The minimum Gasteiger partial charge on any atom is -0.359 e. The van der Waals surface area contributed by atoms with Gasteiger partial charge in [-0.25, -0.2) is 0 Å². The molecule has 3 heteroatoms. The van der Waals surface area contributed by atoms with E-state index in [0.717, 1.165) is 11.3 Å². The molecule has 0 aliphatic carbocycles. The third kappa shape index (κ3) is 3.72. The van der Waals surface area contributed by atoms with Crippen molar-refractivity contribution in [2.75, 3.05) is 5.32 Å². The predicted octanol–water partition coefficient (Wildman–Crippen LogP) is 4.85. The number of aryl methyl sites for hydroxylation is 1. The van der Waals surface area contributed by atoms with Crippen molar-refractivity contribution in [1.82, 2.24) is 0 Å². The third-order valence-electron chi connectivity index (χ3n) is 3.00. The molecule has 0 bridgehead atoms. The number of allylic oxidation sites excluding steroid dienone is 1. The van der Waals surface area contributed by atoms with Crippen LogP contribution in [0.15, 0.2) is 60.8 Å². The summed E-state index contributed by atoms with van der Waals surface area (Å²) >= 11 is 5.81. The van der Waals surface area contributed by atoms with Gasteiger partial charge in [0.15, 0.2) is 5.78 Å². The van der Waals surface area contributed by atoms with E-state index in [0.29, 0.717) is 16.3 Å². The van der Waals surface area contributed by atoms with Crippen LogP contribution in [-0.2, 0) is 0 Å². The van der Waals surface area contributed by atoms with Crippen molar-refractivity contribution in [2.24, 2.45) is 0 Å². The van der Waals surface area contributed by atoms with Crippen LogP contribution in [0.4, 0.5) is 5.69 Å². The van der Waals surface area contributed by atoms with Crippen LogP contribution in [0, 0.1) is 6.92 Å². The Hall–Kier alpha value is -2.06. The van der Waals surface area contributed by atoms with E-state index in [-0.39, 0.29) is 12.2 Å². The van der Waals surface area contributed by atoms with Crippen molar-refractivity contribution in [3.63, 3.8) is 0 Å². The molecule has 0 spiro atoms. The average Bonchev–Trinajstić information content (AvgIpc) is 2.42. The van der Waals surface area contributed by atoms with Crippen LogP contribution in [0.25, 0.3) is 0 Å². The van der Waals surface area contributed by atoms with Gasteiger partial charge in [-0.2, -0.15) is 0 Å². The van der Waals surface area contributed by atoms with Crippen LogP contribution < -0.4 is 5.32 Å². The van der Waals surface area contributed by atoms with Gasteiger partial charge in [-0.1, -0.05) is 36.4 Å². The summed E-state index contributed by atoms with van der Waals surface area (Å²) in [6, 6.07) is 14.8. The van der Waals surface area contributed by atoms with E-state index in [1.54, 1.807) is 24.3 Å². The summed E-state index contributed by atoms with van der Waals surface area (Å²) in [5.74, 6) is 0.0211. The molecule has 0 atom stereocenters. The fourth-order valence-electron chi connectivity index (χ4n) is 1.88. The number of carbonyl (C=O) groups is 1. The summed E-state index contributed by atoms with van der Waals surface area (Å²) < 4.78 is 0. The first-order valence-corrected chi connectivity index (χ1v) is 6.73. The van der Waals surface area contributed by atoms with E-state index in [1.165, 1.54) is 0 Å². The molecule has 0 saturated carbocycles. The highest BCUT2D eigenvalue weighted by molar-refractivity contribution is 6.30. The van der Waals surface area contributed by atoms with Crippen molar-refractivity contribution < 1.29 is 4.79 Å². The van der Waals surface area contributed by atoms with E-state index < -0.39 is 0 Å². The quantitative estimate of drug-likeness (QED) is 0.796. The molecule has 2 nitrogen and oxygen atoms in total. The van der Waals surface area contributed by atoms with Crippen LogP contribution in [-0.4, -0.2) is 5.78 Å². The van der Waals surface area contributed by atoms with Crippen LogP contribution in [0.2, 0.25) is 5.02 Å². The summed E-state index contributed by atoms with van der Waals surface area (Å²) in [4.78, 5) is 12.1. The molecule has 0 aliphatic heterocycles. The first-order chi connectivity index (χ1) is 9.56.